The maximum atomic E-state index is 4.70. The number of aromatic nitrogens is 1. The van der Waals surface area contributed by atoms with Gasteiger partial charge >= 0.3 is 0 Å². The quantitative estimate of drug-likeness (QED) is 0.848. The van der Waals surface area contributed by atoms with Crippen LogP contribution < -0.4 is 10.2 Å². The van der Waals surface area contributed by atoms with Crippen LogP contribution in [-0.2, 0) is 13.0 Å². The summed E-state index contributed by atoms with van der Waals surface area (Å²) in [5.74, 6) is 0. The van der Waals surface area contributed by atoms with Gasteiger partial charge in [0.25, 0.3) is 0 Å². The zero-order valence-electron chi connectivity index (χ0n) is 11.9. The molecule has 1 heterocycles. The largest absolute Gasteiger partial charge is 0.351 e. The lowest BCUT2D eigenvalue weighted by Gasteiger charge is -2.15. The third kappa shape index (κ3) is 3.81. The SMILES string of the molecule is CN(CCc1ccccc1)c1nc(CNC2CC2)cs1. The third-order valence-corrected chi connectivity index (χ3v) is 4.60. The molecule has 0 unspecified atom stereocenters. The molecule has 4 heteroatoms. The van der Waals surface area contributed by atoms with Crippen LogP contribution in [-0.4, -0.2) is 24.6 Å². The van der Waals surface area contributed by atoms with E-state index < -0.39 is 0 Å². The first-order valence-electron chi connectivity index (χ1n) is 7.24. The molecule has 3 rings (SSSR count). The van der Waals surface area contributed by atoms with E-state index in [0.29, 0.717) is 0 Å². The van der Waals surface area contributed by atoms with E-state index in [4.69, 9.17) is 4.98 Å². The van der Waals surface area contributed by atoms with Gasteiger partial charge in [-0.1, -0.05) is 30.3 Å². The van der Waals surface area contributed by atoms with Crippen LogP contribution in [0.3, 0.4) is 0 Å². The Kier molecular flexibility index (Phi) is 4.33. The van der Waals surface area contributed by atoms with Gasteiger partial charge in [0.05, 0.1) is 5.69 Å². The van der Waals surface area contributed by atoms with Crippen molar-refractivity contribution in [3.63, 3.8) is 0 Å². The standard InChI is InChI=1S/C16H21N3S/c1-19(10-9-13-5-3-2-4-6-13)16-18-15(12-20-16)11-17-14-7-8-14/h2-6,12,14,17H,7-11H2,1H3. The Morgan fingerprint density at radius 3 is 2.85 bits per heavy atom. The van der Waals surface area contributed by atoms with Crippen molar-refractivity contribution < 1.29 is 0 Å². The molecule has 0 spiro atoms. The second kappa shape index (κ2) is 6.37. The minimum atomic E-state index is 0.746. The molecule has 1 N–H and O–H groups in total. The van der Waals surface area contributed by atoms with Gasteiger partial charge in [-0.25, -0.2) is 4.98 Å². The normalized spacial score (nSPS) is 14.4. The van der Waals surface area contributed by atoms with Crippen LogP contribution in [0.2, 0.25) is 0 Å². The van der Waals surface area contributed by atoms with E-state index >= 15 is 0 Å². The highest BCUT2D eigenvalue weighted by Crippen LogP contribution is 2.22. The predicted octanol–water partition coefficient (Wildman–Crippen LogP) is 3.07. The molecule has 106 valence electrons. The zero-order chi connectivity index (χ0) is 13.8. The Morgan fingerprint density at radius 2 is 2.10 bits per heavy atom. The van der Waals surface area contributed by atoms with Crippen LogP contribution in [0.4, 0.5) is 5.13 Å². The molecule has 1 aliphatic rings. The summed E-state index contributed by atoms with van der Waals surface area (Å²) in [4.78, 5) is 6.95. The van der Waals surface area contributed by atoms with Crippen LogP contribution in [0.1, 0.15) is 24.1 Å². The maximum Gasteiger partial charge on any atom is 0.185 e. The molecule has 1 saturated carbocycles. The number of thiazole rings is 1. The van der Waals surface area contributed by atoms with Gasteiger partial charge in [0, 0.05) is 31.6 Å². The average Bonchev–Trinajstić information content (AvgIpc) is 3.20. The van der Waals surface area contributed by atoms with Crippen molar-refractivity contribution in [3.05, 3.63) is 47.0 Å². The fourth-order valence-corrected chi connectivity index (χ4v) is 2.94. The molecule has 1 fully saturated rings. The first-order chi connectivity index (χ1) is 9.81. The molecule has 0 amide bonds. The molecule has 0 saturated heterocycles. The van der Waals surface area contributed by atoms with E-state index in [9.17, 15) is 0 Å². The smallest absolute Gasteiger partial charge is 0.185 e. The summed E-state index contributed by atoms with van der Waals surface area (Å²) in [6, 6.07) is 11.4. The van der Waals surface area contributed by atoms with E-state index in [1.807, 2.05) is 0 Å². The summed E-state index contributed by atoms with van der Waals surface area (Å²) in [5.41, 5.74) is 2.55. The van der Waals surface area contributed by atoms with Crippen molar-refractivity contribution >= 4 is 16.5 Å². The molecule has 1 aromatic carbocycles. The minimum Gasteiger partial charge on any atom is -0.351 e. The molecular formula is C16H21N3S. The summed E-state index contributed by atoms with van der Waals surface area (Å²) >= 11 is 1.74. The molecule has 0 radical (unpaired) electrons. The van der Waals surface area contributed by atoms with E-state index in [0.717, 1.165) is 30.7 Å². The Labute approximate surface area is 124 Å². The number of anilines is 1. The molecular weight excluding hydrogens is 266 g/mol. The Morgan fingerprint density at radius 1 is 1.30 bits per heavy atom. The number of benzene rings is 1. The lowest BCUT2D eigenvalue weighted by Crippen LogP contribution is -2.20. The molecule has 20 heavy (non-hydrogen) atoms. The van der Waals surface area contributed by atoms with Crippen molar-refractivity contribution in [3.8, 4) is 0 Å². The summed E-state index contributed by atoms with van der Waals surface area (Å²) in [6.45, 7) is 1.92. The fourth-order valence-electron chi connectivity index (χ4n) is 2.13. The molecule has 1 aromatic heterocycles. The average molecular weight is 287 g/mol. The van der Waals surface area contributed by atoms with Gasteiger partial charge in [-0.05, 0) is 24.8 Å². The maximum absolute atomic E-state index is 4.70. The first kappa shape index (κ1) is 13.6. The minimum absolute atomic E-state index is 0.746. The molecule has 0 atom stereocenters. The highest BCUT2D eigenvalue weighted by Gasteiger charge is 2.20. The van der Waals surface area contributed by atoms with Gasteiger partial charge in [-0.2, -0.15) is 0 Å². The van der Waals surface area contributed by atoms with E-state index in [-0.39, 0.29) is 0 Å². The highest BCUT2D eigenvalue weighted by molar-refractivity contribution is 7.13. The number of likely N-dealkylation sites (N-methyl/N-ethyl adjacent to an activating group) is 1. The molecule has 0 aliphatic heterocycles. The second-order valence-corrected chi connectivity index (χ2v) is 6.27. The Bertz CT molecular complexity index is 534. The number of nitrogens with one attached hydrogen (secondary N) is 1. The first-order valence-corrected chi connectivity index (χ1v) is 8.12. The van der Waals surface area contributed by atoms with Crippen LogP contribution in [0.25, 0.3) is 0 Å². The van der Waals surface area contributed by atoms with Gasteiger partial charge in [0.1, 0.15) is 0 Å². The Hall–Kier alpha value is -1.39. The fraction of sp³-hybridized carbons (Fsp3) is 0.438. The highest BCUT2D eigenvalue weighted by atomic mass is 32.1. The number of hydrogen-bond acceptors (Lipinski definition) is 4. The number of rotatable bonds is 7. The predicted molar refractivity (Wildman–Crippen MR) is 85.4 cm³/mol. The van der Waals surface area contributed by atoms with E-state index in [1.54, 1.807) is 11.3 Å². The van der Waals surface area contributed by atoms with Crippen molar-refractivity contribution in [1.82, 2.24) is 10.3 Å². The number of nitrogens with zero attached hydrogens (tertiary/aromatic N) is 2. The molecule has 3 nitrogen and oxygen atoms in total. The van der Waals surface area contributed by atoms with Crippen molar-refractivity contribution in [2.45, 2.75) is 31.8 Å². The molecule has 0 bridgehead atoms. The molecule has 1 aliphatic carbocycles. The zero-order valence-corrected chi connectivity index (χ0v) is 12.7. The Balaban J connectivity index is 1.49. The summed E-state index contributed by atoms with van der Waals surface area (Å²) in [6.07, 6.45) is 3.72. The van der Waals surface area contributed by atoms with Crippen molar-refractivity contribution in [2.75, 3.05) is 18.5 Å². The summed E-state index contributed by atoms with van der Waals surface area (Å²) < 4.78 is 0. The van der Waals surface area contributed by atoms with Crippen LogP contribution in [0, 0.1) is 0 Å². The van der Waals surface area contributed by atoms with Crippen molar-refractivity contribution in [1.29, 1.82) is 0 Å². The van der Waals surface area contributed by atoms with Crippen LogP contribution in [0.5, 0.6) is 0 Å². The van der Waals surface area contributed by atoms with E-state index in [1.165, 1.54) is 24.1 Å². The van der Waals surface area contributed by atoms with Gasteiger partial charge < -0.3 is 10.2 Å². The van der Waals surface area contributed by atoms with Gasteiger partial charge in [-0.3, -0.25) is 0 Å². The molecule has 2 aromatic rings. The van der Waals surface area contributed by atoms with Gasteiger partial charge in [0.15, 0.2) is 5.13 Å². The van der Waals surface area contributed by atoms with Crippen LogP contribution in [0.15, 0.2) is 35.7 Å². The van der Waals surface area contributed by atoms with Gasteiger partial charge in [0.2, 0.25) is 0 Å². The van der Waals surface area contributed by atoms with Crippen LogP contribution >= 0.6 is 11.3 Å². The summed E-state index contributed by atoms with van der Waals surface area (Å²) in [7, 11) is 2.12. The third-order valence-electron chi connectivity index (χ3n) is 3.59. The second-order valence-electron chi connectivity index (χ2n) is 5.43. The van der Waals surface area contributed by atoms with E-state index in [2.05, 4.69) is 53.0 Å². The lowest BCUT2D eigenvalue weighted by atomic mass is 10.1. The van der Waals surface area contributed by atoms with Gasteiger partial charge in [-0.15, -0.1) is 11.3 Å². The topological polar surface area (TPSA) is 28.2 Å². The lowest BCUT2D eigenvalue weighted by molar-refractivity contribution is 0.676. The number of hydrogen-bond donors (Lipinski definition) is 1. The monoisotopic (exact) mass is 287 g/mol. The summed E-state index contributed by atoms with van der Waals surface area (Å²) in [5, 5.41) is 6.80. The van der Waals surface area contributed by atoms with Crippen molar-refractivity contribution in [2.24, 2.45) is 0 Å².